The molecule has 3 N–H and O–H groups in total. The smallest absolute Gasteiger partial charge is 0.407 e. The van der Waals surface area contributed by atoms with Gasteiger partial charge in [-0.25, -0.2) is 4.79 Å². The summed E-state index contributed by atoms with van der Waals surface area (Å²) in [6.45, 7) is 17.0. The van der Waals surface area contributed by atoms with Crippen LogP contribution in [0.25, 0.3) is 0 Å². The monoisotopic (exact) mass is 366 g/mol. The van der Waals surface area contributed by atoms with Gasteiger partial charge in [0, 0.05) is 6.54 Å². The van der Waals surface area contributed by atoms with Crippen LogP contribution < -0.4 is 15.5 Å². The van der Waals surface area contributed by atoms with E-state index in [1.807, 2.05) is 39.0 Å². The Morgan fingerprint density at radius 1 is 1.16 bits per heavy atom. The van der Waals surface area contributed by atoms with Gasteiger partial charge in [-0.15, -0.1) is 0 Å². The molecule has 6 heteroatoms. The first kappa shape index (κ1) is 21.3. The zero-order valence-corrected chi connectivity index (χ0v) is 17.9. The molecule has 0 bridgehead atoms. The molecule has 1 aromatic carbocycles. The topological polar surface area (TPSA) is 73.6 Å². The first-order chi connectivity index (χ1) is 11.2. The Kier molecular flexibility index (Phi) is 6.56. The second-order valence-corrected chi connectivity index (χ2v) is 13.6. The molecule has 0 heterocycles. The maximum absolute atomic E-state index is 11.6. The van der Waals surface area contributed by atoms with Crippen LogP contribution in [0, 0.1) is 0 Å². The lowest BCUT2D eigenvalue weighted by Gasteiger charge is -2.36. The van der Waals surface area contributed by atoms with E-state index >= 15 is 0 Å². The van der Waals surface area contributed by atoms with Gasteiger partial charge in [-0.3, -0.25) is 0 Å². The minimum Gasteiger partial charge on any atom is -0.542 e. The average Bonchev–Trinajstić information content (AvgIpc) is 2.38. The molecule has 0 aromatic heterocycles. The van der Waals surface area contributed by atoms with E-state index in [1.165, 1.54) is 0 Å². The molecule has 0 saturated carbocycles. The Hall–Kier alpha value is -1.69. The number of nitrogens with two attached hydrogens (primary N) is 1. The standard InChI is InChI=1S/C19H34N2O3Si/c1-18(2,3)23-17(22)21-12-11-14-9-10-16(15(20)13-14)24-25(7,8)19(4,5)6/h9-10,13H,11-12,20H2,1-8H3,(H,21,22). The van der Waals surface area contributed by atoms with E-state index in [1.54, 1.807) is 0 Å². The summed E-state index contributed by atoms with van der Waals surface area (Å²) < 4.78 is 11.5. The zero-order chi connectivity index (χ0) is 19.5. The van der Waals surface area contributed by atoms with Crippen molar-refractivity contribution in [2.24, 2.45) is 0 Å². The number of benzene rings is 1. The molecule has 0 aliphatic rings. The largest absolute Gasteiger partial charge is 0.542 e. The molecule has 0 unspecified atom stereocenters. The van der Waals surface area contributed by atoms with Crippen molar-refractivity contribution < 1.29 is 14.0 Å². The SMILES string of the molecule is CC(C)(C)OC(=O)NCCc1ccc(O[Si](C)(C)C(C)(C)C)c(N)c1. The van der Waals surface area contributed by atoms with Crippen molar-refractivity contribution in [3.8, 4) is 5.75 Å². The fourth-order valence-electron chi connectivity index (χ4n) is 1.90. The Bertz CT molecular complexity index is 602. The Morgan fingerprint density at radius 3 is 2.24 bits per heavy atom. The normalized spacial score (nSPS) is 12.6. The van der Waals surface area contributed by atoms with Crippen molar-refractivity contribution in [3.63, 3.8) is 0 Å². The highest BCUT2D eigenvalue weighted by Crippen LogP contribution is 2.38. The van der Waals surface area contributed by atoms with Crippen molar-refractivity contribution in [2.75, 3.05) is 12.3 Å². The fourth-order valence-corrected chi connectivity index (χ4v) is 2.94. The van der Waals surface area contributed by atoms with Crippen molar-refractivity contribution in [1.82, 2.24) is 5.32 Å². The highest BCUT2D eigenvalue weighted by Gasteiger charge is 2.39. The minimum atomic E-state index is -1.91. The fraction of sp³-hybridized carbons (Fsp3) is 0.632. The van der Waals surface area contributed by atoms with Crippen LogP contribution in [0.5, 0.6) is 5.75 Å². The molecule has 0 atom stereocenters. The molecule has 5 nitrogen and oxygen atoms in total. The number of alkyl carbamates (subject to hydrolysis) is 1. The van der Waals surface area contributed by atoms with E-state index in [-0.39, 0.29) is 5.04 Å². The second kappa shape index (κ2) is 7.68. The number of carbonyl (C=O) groups is 1. The number of nitrogens with one attached hydrogen (secondary N) is 1. The molecule has 0 radical (unpaired) electrons. The molecular formula is C19H34N2O3Si. The minimum absolute atomic E-state index is 0.120. The summed E-state index contributed by atoms with van der Waals surface area (Å²) in [6.07, 6.45) is 0.280. The maximum Gasteiger partial charge on any atom is 0.407 e. The van der Waals surface area contributed by atoms with Gasteiger partial charge in [0.2, 0.25) is 0 Å². The number of anilines is 1. The Morgan fingerprint density at radius 2 is 1.76 bits per heavy atom. The van der Waals surface area contributed by atoms with Gasteiger partial charge in [-0.05, 0) is 63.0 Å². The average molecular weight is 367 g/mol. The second-order valence-electron chi connectivity index (χ2n) is 8.91. The van der Waals surface area contributed by atoms with Gasteiger partial charge in [0.25, 0.3) is 8.32 Å². The molecule has 1 amide bonds. The molecule has 25 heavy (non-hydrogen) atoms. The summed E-state index contributed by atoms with van der Waals surface area (Å²) in [6, 6.07) is 5.84. The van der Waals surface area contributed by atoms with Gasteiger partial charge in [-0.1, -0.05) is 26.8 Å². The predicted molar refractivity (Wildman–Crippen MR) is 107 cm³/mol. The first-order valence-corrected chi connectivity index (χ1v) is 11.7. The first-order valence-electron chi connectivity index (χ1n) is 8.75. The number of nitrogen functional groups attached to an aromatic ring is 1. The van der Waals surface area contributed by atoms with Gasteiger partial charge in [0.15, 0.2) is 0 Å². The van der Waals surface area contributed by atoms with Crippen LogP contribution in [-0.4, -0.2) is 26.6 Å². The van der Waals surface area contributed by atoms with E-state index in [0.717, 1.165) is 11.3 Å². The van der Waals surface area contributed by atoms with Crippen LogP contribution in [0.3, 0.4) is 0 Å². The van der Waals surface area contributed by atoms with E-state index in [2.05, 4.69) is 39.2 Å². The third-order valence-electron chi connectivity index (χ3n) is 4.33. The highest BCUT2D eigenvalue weighted by atomic mass is 28.4. The van der Waals surface area contributed by atoms with Crippen LogP contribution >= 0.6 is 0 Å². The highest BCUT2D eigenvalue weighted by molar-refractivity contribution is 6.74. The van der Waals surface area contributed by atoms with Crippen LogP contribution in [0.4, 0.5) is 10.5 Å². The zero-order valence-electron chi connectivity index (χ0n) is 16.9. The molecule has 0 aliphatic carbocycles. The van der Waals surface area contributed by atoms with Gasteiger partial charge < -0.3 is 20.2 Å². The maximum atomic E-state index is 11.6. The number of ether oxygens (including phenoxy) is 1. The third-order valence-corrected chi connectivity index (χ3v) is 8.67. The molecule has 1 rings (SSSR count). The van der Waals surface area contributed by atoms with Crippen molar-refractivity contribution >= 4 is 20.1 Å². The molecule has 1 aromatic rings. The van der Waals surface area contributed by atoms with Crippen LogP contribution in [0.1, 0.15) is 47.1 Å². The molecule has 0 aliphatic heterocycles. The summed E-state index contributed by atoms with van der Waals surface area (Å²) in [7, 11) is -1.91. The summed E-state index contributed by atoms with van der Waals surface area (Å²) in [5.41, 5.74) is 7.37. The summed E-state index contributed by atoms with van der Waals surface area (Å²) >= 11 is 0. The third kappa shape index (κ3) is 6.98. The van der Waals surface area contributed by atoms with Crippen LogP contribution in [-0.2, 0) is 11.2 Å². The number of hydrogen-bond acceptors (Lipinski definition) is 4. The summed E-state index contributed by atoms with van der Waals surface area (Å²) in [5, 5.41) is 2.87. The van der Waals surface area contributed by atoms with Gasteiger partial charge >= 0.3 is 6.09 Å². The number of rotatable bonds is 5. The number of amides is 1. The van der Waals surface area contributed by atoms with Crippen molar-refractivity contribution in [3.05, 3.63) is 23.8 Å². The van der Waals surface area contributed by atoms with Gasteiger partial charge in [0.1, 0.15) is 11.4 Å². The Balaban J connectivity index is 2.63. The Labute approximate surface area is 153 Å². The van der Waals surface area contributed by atoms with Crippen molar-refractivity contribution in [2.45, 2.75) is 71.7 Å². The molecule has 0 fully saturated rings. The lowest BCUT2D eigenvalue weighted by Crippen LogP contribution is -2.44. The molecule has 142 valence electrons. The number of hydrogen-bond donors (Lipinski definition) is 2. The molecular weight excluding hydrogens is 332 g/mol. The van der Waals surface area contributed by atoms with Crippen LogP contribution in [0.15, 0.2) is 18.2 Å². The summed E-state index contributed by atoms with van der Waals surface area (Å²) in [4.78, 5) is 11.6. The van der Waals surface area contributed by atoms with E-state index in [0.29, 0.717) is 18.7 Å². The molecule has 0 spiro atoms. The number of carbonyl (C=O) groups excluding carboxylic acids is 1. The van der Waals surface area contributed by atoms with Gasteiger partial charge in [-0.2, -0.15) is 0 Å². The molecule has 0 saturated heterocycles. The van der Waals surface area contributed by atoms with E-state index < -0.39 is 20.0 Å². The van der Waals surface area contributed by atoms with Gasteiger partial charge in [0.05, 0.1) is 5.69 Å². The van der Waals surface area contributed by atoms with E-state index in [9.17, 15) is 4.79 Å². The van der Waals surface area contributed by atoms with Crippen molar-refractivity contribution in [1.29, 1.82) is 0 Å². The lowest BCUT2D eigenvalue weighted by molar-refractivity contribution is 0.0528. The predicted octanol–water partition coefficient (Wildman–Crippen LogP) is 4.72. The lowest BCUT2D eigenvalue weighted by atomic mass is 10.1. The quantitative estimate of drug-likeness (QED) is 0.584. The van der Waals surface area contributed by atoms with E-state index in [4.69, 9.17) is 14.9 Å². The van der Waals surface area contributed by atoms with Crippen LogP contribution in [0.2, 0.25) is 18.1 Å². The summed E-state index contributed by atoms with van der Waals surface area (Å²) in [5.74, 6) is 0.746.